The number of hydrogen-bond acceptors (Lipinski definition) is 6. The van der Waals surface area contributed by atoms with Gasteiger partial charge in [-0.15, -0.1) is 11.6 Å². The number of Topliss-reactive ketones (excluding diaryl/α,β-unsaturated/α-hetero) is 3. The highest BCUT2D eigenvalue weighted by molar-refractivity contribution is 6.20. The second-order valence-electron chi connectivity index (χ2n) is 10.3. The average Bonchev–Trinajstić information content (AvgIpc) is 2.88. The molecule has 6 rings (SSSR count). The molecule has 7 atom stereocenters. The number of hydrogen-bond donors (Lipinski definition) is 0. The van der Waals surface area contributed by atoms with Crippen molar-refractivity contribution in [3.05, 3.63) is 12.2 Å². The van der Waals surface area contributed by atoms with Crippen molar-refractivity contribution in [3.63, 3.8) is 0 Å². The molecule has 2 heterocycles. The summed E-state index contributed by atoms with van der Waals surface area (Å²) in [6, 6.07) is 0. The molecule has 0 N–H and O–H groups in total. The Kier molecular flexibility index (Phi) is 4.25. The summed E-state index contributed by atoms with van der Waals surface area (Å²) in [5.74, 6) is -2.04. The molecular weight excluding hydrogens is 408 g/mol. The number of ether oxygens (including phenoxy) is 2. The monoisotopic (exact) mass is 434 g/mol. The van der Waals surface area contributed by atoms with Crippen LogP contribution < -0.4 is 0 Å². The lowest BCUT2D eigenvalue weighted by molar-refractivity contribution is -0.270. The molecule has 0 aromatic rings. The third kappa shape index (κ3) is 2.15. The Balaban J connectivity index is 1.72. The molecule has 0 unspecified atom stereocenters. The van der Waals surface area contributed by atoms with Gasteiger partial charge < -0.3 is 9.47 Å². The van der Waals surface area contributed by atoms with E-state index in [1.807, 2.05) is 13.8 Å². The second kappa shape index (κ2) is 6.26. The summed E-state index contributed by atoms with van der Waals surface area (Å²) in [5.41, 5.74) is -2.40. The molecule has 6 aliphatic rings. The summed E-state index contributed by atoms with van der Waals surface area (Å²) < 4.78 is 11.9. The van der Waals surface area contributed by atoms with Gasteiger partial charge in [-0.25, -0.2) is 0 Å². The third-order valence-electron chi connectivity index (χ3n) is 8.94. The maximum Gasteiger partial charge on any atom is 0.307 e. The molecule has 162 valence electrons. The highest BCUT2D eigenvalue weighted by Gasteiger charge is 2.79. The molecule has 0 amide bonds. The van der Waals surface area contributed by atoms with E-state index in [1.165, 1.54) is 0 Å². The number of esters is 1. The quantitative estimate of drug-likeness (QED) is 0.294. The van der Waals surface area contributed by atoms with Gasteiger partial charge in [0, 0.05) is 18.2 Å². The lowest BCUT2D eigenvalue weighted by Crippen LogP contribution is -2.77. The van der Waals surface area contributed by atoms with Gasteiger partial charge in [0.15, 0.2) is 17.7 Å². The molecule has 0 aromatic carbocycles. The smallest absolute Gasteiger partial charge is 0.307 e. The summed E-state index contributed by atoms with van der Waals surface area (Å²) in [5, 5.41) is 0. The van der Waals surface area contributed by atoms with Crippen LogP contribution in [0.15, 0.2) is 12.2 Å². The standard InChI is InChI=1S/C23H27ClO6/c1-11-12-4-5-13-22(9-12,19(11)27)20(28)17(30-16(26)6-7-24)18-21(2,3)15-8-14(25)23(13,18)10-29-15/h12-13,15,17-18H,1,4-10H2,2-3H3/t12-,13-,15+,17+,18-,22+,23-/m1/s1. The SMILES string of the molecule is C=C1C(=O)[C@]23C[C@H]1CC[C@H]2[C@]12CO[C@@H](CC1=O)C(C)(C)[C@H]2[C@H](OC(=O)CCCl)C3=O. The molecule has 7 heteroatoms. The number of ketones is 3. The highest BCUT2D eigenvalue weighted by atomic mass is 35.5. The van der Waals surface area contributed by atoms with E-state index in [2.05, 4.69) is 6.58 Å². The molecule has 4 aliphatic carbocycles. The Bertz CT molecular complexity index is 892. The Hall–Kier alpha value is -1.53. The molecule has 0 radical (unpaired) electrons. The molecule has 6 fully saturated rings. The molecule has 4 saturated carbocycles. The van der Waals surface area contributed by atoms with Crippen LogP contribution in [0.25, 0.3) is 0 Å². The van der Waals surface area contributed by atoms with Gasteiger partial charge in [-0.3, -0.25) is 19.2 Å². The van der Waals surface area contributed by atoms with E-state index in [-0.39, 0.29) is 54.7 Å². The van der Waals surface area contributed by atoms with Crippen LogP contribution in [0.3, 0.4) is 0 Å². The van der Waals surface area contributed by atoms with Crippen molar-refractivity contribution in [2.24, 2.45) is 34.0 Å². The van der Waals surface area contributed by atoms with Crippen LogP contribution in [0.5, 0.6) is 0 Å². The molecular formula is C23H27ClO6. The first-order valence-electron chi connectivity index (χ1n) is 10.8. The average molecular weight is 435 g/mol. The number of halogens is 1. The van der Waals surface area contributed by atoms with E-state index < -0.39 is 40.2 Å². The van der Waals surface area contributed by atoms with Crippen molar-refractivity contribution in [2.75, 3.05) is 12.5 Å². The molecule has 0 aromatic heterocycles. The van der Waals surface area contributed by atoms with E-state index in [0.29, 0.717) is 18.4 Å². The highest BCUT2D eigenvalue weighted by Crippen LogP contribution is 2.71. The van der Waals surface area contributed by atoms with Crippen molar-refractivity contribution in [3.8, 4) is 0 Å². The van der Waals surface area contributed by atoms with Gasteiger partial charge in [0.25, 0.3) is 0 Å². The number of fused-ring (bicyclic) bond motifs is 3. The van der Waals surface area contributed by atoms with Gasteiger partial charge in [-0.1, -0.05) is 20.4 Å². The van der Waals surface area contributed by atoms with Gasteiger partial charge in [-0.05, 0) is 42.1 Å². The van der Waals surface area contributed by atoms with E-state index in [1.54, 1.807) is 0 Å². The molecule has 6 nitrogen and oxygen atoms in total. The summed E-state index contributed by atoms with van der Waals surface area (Å²) in [6.45, 7) is 8.13. The fourth-order valence-corrected chi connectivity index (χ4v) is 7.82. The van der Waals surface area contributed by atoms with Crippen molar-refractivity contribution in [1.29, 1.82) is 0 Å². The molecule has 2 spiro atoms. The van der Waals surface area contributed by atoms with Gasteiger partial charge in [-0.2, -0.15) is 0 Å². The fraction of sp³-hybridized carbons (Fsp3) is 0.739. The van der Waals surface area contributed by atoms with Crippen LogP contribution in [0, 0.1) is 34.0 Å². The molecule has 30 heavy (non-hydrogen) atoms. The zero-order valence-corrected chi connectivity index (χ0v) is 18.1. The van der Waals surface area contributed by atoms with Crippen molar-refractivity contribution >= 4 is 34.9 Å². The van der Waals surface area contributed by atoms with Gasteiger partial charge in [0.1, 0.15) is 5.78 Å². The maximum atomic E-state index is 14.0. The minimum absolute atomic E-state index is 0.0287. The van der Waals surface area contributed by atoms with Crippen LogP contribution in [-0.4, -0.2) is 48.0 Å². The van der Waals surface area contributed by atoms with Crippen LogP contribution >= 0.6 is 11.6 Å². The lowest BCUT2D eigenvalue weighted by Gasteiger charge is -2.67. The minimum Gasteiger partial charge on any atom is -0.454 e. The zero-order chi connectivity index (χ0) is 21.6. The first-order valence-corrected chi connectivity index (χ1v) is 11.3. The Morgan fingerprint density at radius 2 is 2.00 bits per heavy atom. The molecule has 4 bridgehead atoms. The first kappa shape index (κ1) is 20.4. The van der Waals surface area contributed by atoms with Crippen LogP contribution in [0.1, 0.15) is 46.0 Å². The largest absolute Gasteiger partial charge is 0.454 e. The van der Waals surface area contributed by atoms with E-state index >= 15 is 0 Å². The summed E-state index contributed by atoms with van der Waals surface area (Å²) >= 11 is 5.72. The van der Waals surface area contributed by atoms with Crippen molar-refractivity contribution in [2.45, 2.75) is 58.2 Å². The van der Waals surface area contributed by atoms with Crippen molar-refractivity contribution < 1.29 is 28.7 Å². The number of alkyl halides is 1. The maximum absolute atomic E-state index is 14.0. The van der Waals surface area contributed by atoms with Crippen LogP contribution in [-0.2, 0) is 28.7 Å². The summed E-state index contributed by atoms with van der Waals surface area (Å²) in [6.07, 6.45) is 0.477. The number of carbonyl (C=O) groups excluding carboxylic acids is 4. The van der Waals surface area contributed by atoms with Gasteiger partial charge in [0.05, 0.1) is 30.0 Å². The number of rotatable bonds is 3. The van der Waals surface area contributed by atoms with Gasteiger partial charge >= 0.3 is 5.97 Å². The zero-order valence-electron chi connectivity index (χ0n) is 17.4. The first-order chi connectivity index (χ1) is 14.1. The van der Waals surface area contributed by atoms with Crippen molar-refractivity contribution in [1.82, 2.24) is 0 Å². The second-order valence-corrected chi connectivity index (χ2v) is 10.7. The molecule has 2 saturated heterocycles. The third-order valence-corrected chi connectivity index (χ3v) is 9.13. The summed E-state index contributed by atoms with van der Waals surface area (Å²) in [7, 11) is 0. The van der Waals surface area contributed by atoms with E-state index in [4.69, 9.17) is 21.1 Å². The van der Waals surface area contributed by atoms with Crippen LogP contribution in [0.2, 0.25) is 0 Å². The predicted octanol–water partition coefficient (Wildman–Crippen LogP) is 2.65. The van der Waals surface area contributed by atoms with Crippen LogP contribution in [0.4, 0.5) is 0 Å². The Morgan fingerprint density at radius 1 is 1.27 bits per heavy atom. The molecule has 2 aliphatic heterocycles. The fourth-order valence-electron chi connectivity index (χ4n) is 7.67. The van der Waals surface area contributed by atoms with Gasteiger partial charge in [0.2, 0.25) is 0 Å². The minimum atomic E-state index is -1.33. The predicted molar refractivity (Wildman–Crippen MR) is 107 cm³/mol. The number of carbonyl (C=O) groups is 4. The Morgan fingerprint density at radius 3 is 2.67 bits per heavy atom. The van der Waals surface area contributed by atoms with E-state index in [9.17, 15) is 19.2 Å². The topological polar surface area (TPSA) is 86.7 Å². The summed E-state index contributed by atoms with van der Waals surface area (Å²) in [4.78, 5) is 53.6. The normalized spacial score (nSPS) is 45.9. The Labute approximate surface area is 180 Å². The number of allylic oxidation sites excluding steroid dienone is 1. The lowest BCUT2D eigenvalue weighted by atomic mass is 9.37. The van der Waals surface area contributed by atoms with E-state index in [0.717, 1.165) is 6.42 Å².